The molecule has 0 amide bonds. The molecular weight excluding hydrogens is 364 g/mol. The van der Waals surface area contributed by atoms with Crippen molar-refractivity contribution >= 4 is 17.9 Å². The minimum atomic E-state index is -1.48. The third-order valence-corrected chi connectivity index (χ3v) is 6.05. The second-order valence-corrected chi connectivity index (χ2v) is 8.71. The van der Waals surface area contributed by atoms with Crippen LogP contribution in [0.1, 0.15) is 73.6 Å². The average molecular weight is 401 g/mol. The van der Waals surface area contributed by atoms with Gasteiger partial charge in [0.05, 0.1) is 12.0 Å². The second kappa shape index (κ2) is 10.2. The third kappa shape index (κ3) is 6.47. The van der Waals surface area contributed by atoms with Crippen molar-refractivity contribution in [1.82, 2.24) is 0 Å². The van der Waals surface area contributed by atoms with Crippen molar-refractivity contribution in [2.75, 3.05) is 0 Å². The molecule has 0 aromatic heterocycles. The molecule has 1 aliphatic heterocycles. The summed E-state index contributed by atoms with van der Waals surface area (Å²) in [6.07, 6.45) is -1.20. The Morgan fingerprint density at radius 1 is 1.21 bits per heavy atom. The Hall–Kier alpha value is -1.63. The summed E-state index contributed by atoms with van der Waals surface area (Å²) in [6.45, 7) is 10.7. The Kier molecular flexibility index (Phi) is 8.92. The fourth-order valence-electron chi connectivity index (χ4n) is 4.22. The molecule has 1 heterocycles. The van der Waals surface area contributed by atoms with Gasteiger partial charge in [-0.3, -0.25) is 9.59 Å². The quantitative estimate of drug-likeness (QED) is 0.678. The molecule has 7 atom stereocenters. The predicted octanol–water partition coefficient (Wildman–Crippen LogP) is 3.81. The maximum Gasteiger partial charge on any atom is 0.506 e. The lowest BCUT2D eigenvalue weighted by Crippen LogP contribution is -2.48. The molecule has 7 heteroatoms. The molecular formula is C21H36O7. The van der Waals surface area contributed by atoms with Gasteiger partial charge in [-0.05, 0) is 51.4 Å². The Bertz CT molecular complexity index is 561. The SMILES string of the molecule is CCC1OC(=O)C(C)C(O)C(C)CC(C)C[C@@H](C)C(=O)CC[C@]1(C)OC(=O)O. The number of hydrogen-bond donors (Lipinski definition) is 2. The van der Waals surface area contributed by atoms with Crippen molar-refractivity contribution < 1.29 is 34.1 Å². The number of ether oxygens (including phenoxy) is 2. The molecule has 0 aliphatic carbocycles. The van der Waals surface area contributed by atoms with Gasteiger partial charge in [-0.25, -0.2) is 4.79 Å². The lowest BCUT2D eigenvalue weighted by atomic mass is 9.81. The molecule has 7 nitrogen and oxygen atoms in total. The van der Waals surface area contributed by atoms with Crippen LogP contribution < -0.4 is 0 Å². The number of hydrogen-bond acceptors (Lipinski definition) is 6. The van der Waals surface area contributed by atoms with E-state index in [1.165, 1.54) is 0 Å². The van der Waals surface area contributed by atoms with E-state index in [1.807, 2.05) is 20.8 Å². The average Bonchev–Trinajstić information content (AvgIpc) is 2.60. The van der Waals surface area contributed by atoms with Crippen molar-refractivity contribution in [2.45, 2.75) is 91.5 Å². The number of ketones is 1. The zero-order valence-electron chi connectivity index (χ0n) is 17.9. The lowest BCUT2D eigenvalue weighted by molar-refractivity contribution is -0.176. The summed E-state index contributed by atoms with van der Waals surface area (Å²) in [4.78, 5) is 36.5. The Morgan fingerprint density at radius 3 is 2.36 bits per heavy atom. The molecule has 0 spiro atoms. The molecule has 1 rings (SSSR count). The van der Waals surface area contributed by atoms with Gasteiger partial charge in [-0.15, -0.1) is 0 Å². The van der Waals surface area contributed by atoms with Crippen LogP contribution >= 0.6 is 0 Å². The van der Waals surface area contributed by atoms with E-state index in [1.54, 1.807) is 20.8 Å². The summed E-state index contributed by atoms with van der Waals surface area (Å²) < 4.78 is 10.7. The predicted molar refractivity (Wildman–Crippen MR) is 104 cm³/mol. The number of carbonyl (C=O) groups is 3. The number of carbonyl (C=O) groups excluding carboxylic acids is 2. The fourth-order valence-corrected chi connectivity index (χ4v) is 4.22. The summed E-state index contributed by atoms with van der Waals surface area (Å²) in [5.41, 5.74) is -1.34. The number of esters is 1. The first-order chi connectivity index (χ1) is 12.9. The van der Waals surface area contributed by atoms with Gasteiger partial charge in [-0.2, -0.15) is 0 Å². The zero-order valence-corrected chi connectivity index (χ0v) is 17.9. The minimum Gasteiger partial charge on any atom is -0.458 e. The number of cyclic esters (lactones) is 1. The highest BCUT2D eigenvalue weighted by Gasteiger charge is 2.42. The lowest BCUT2D eigenvalue weighted by Gasteiger charge is -2.37. The van der Waals surface area contributed by atoms with Gasteiger partial charge in [0.15, 0.2) is 0 Å². The molecule has 28 heavy (non-hydrogen) atoms. The Balaban J connectivity index is 3.21. The second-order valence-electron chi connectivity index (χ2n) is 8.71. The van der Waals surface area contributed by atoms with Crippen molar-refractivity contribution in [3.63, 3.8) is 0 Å². The summed E-state index contributed by atoms with van der Waals surface area (Å²) in [5.74, 6) is -1.39. The molecule has 1 aliphatic rings. The van der Waals surface area contributed by atoms with E-state index in [0.717, 1.165) is 0 Å². The summed E-state index contributed by atoms with van der Waals surface area (Å²) in [7, 11) is 0. The van der Waals surface area contributed by atoms with Gasteiger partial charge in [0.25, 0.3) is 0 Å². The van der Waals surface area contributed by atoms with Crippen molar-refractivity contribution in [1.29, 1.82) is 0 Å². The van der Waals surface area contributed by atoms with Gasteiger partial charge >= 0.3 is 12.1 Å². The Morgan fingerprint density at radius 2 is 1.82 bits per heavy atom. The van der Waals surface area contributed by atoms with Gasteiger partial charge < -0.3 is 19.7 Å². The van der Waals surface area contributed by atoms with Gasteiger partial charge in [0.2, 0.25) is 0 Å². The van der Waals surface area contributed by atoms with E-state index < -0.39 is 35.9 Å². The number of rotatable bonds is 2. The first-order valence-electron chi connectivity index (χ1n) is 10.2. The van der Waals surface area contributed by atoms with Crippen molar-refractivity contribution in [2.24, 2.45) is 23.7 Å². The normalized spacial score (nSPS) is 39.0. The number of carboxylic acid groups (broad SMARTS) is 1. The highest BCUT2D eigenvalue weighted by Crippen LogP contribution is 2.32. The maximum atomic E-state index is 12.6. The largest absolute Gasteiger partial charge is 0.506 e. The summed E-state index contributed by atoms with van der Waals surface area (Å²) in [5, 5.41) is 19.8. The minimum absolute atomic E-state index is 0.0341. The molecule has 5 unspecified atom stereocenters. The molecule has 1 saturated heterocycles. The van der Waals surface area contributed by atoms with Crippen molar-refractivity contribution in [3.05, 3.63) is 0 Å². The molecule has 0 aromatic carbocycles. The number of Topliss-reactive ketones (excluding diaryl/α,β-unsaturated/α-hetero) is 1. The van der Waals surface area contributed by atoms with Crippen LogP contribution in [0.4, 0.5) is 4.79 Å². The van der Waals surface area contributed by atoms with Crippen LogP contribution in [0.5, 0.6) is 0 Å². The van der Waals surface area contributed by atoms with Crippen LogP contribution in [0.3, 0.4) is 0 Å². The third-order valence-electron chi connectivity index (χ3n) is 6.05. The molecule has 0 bridgehead atoms. The maximum absolute atomic E-state index is 12.6. The number of aliphatic hydroxyl groups excluding tert-OH is 1. The smallest absolute Gasteiger partial charge is 0.458 e. The van der Waals surface area contributed by atoms with Crippen LogP contribution in [-0.4, -0.2) is 45.9 Å². The van der Waals surface area contributed by atoms with Crippen LogP contribution in [0, 0.1) is 23.7 Å². The topological polar surface area (TPSA) is 110 Å². The van der Waals surface area contributed by atoms with Crippen LogP contribution in [0.25, 0.3) is 0 Å². The van der Waals surface area contributed by atoms with Gasteiger partial charge in [0, 0.05) is 12.3 Å². The van der Waals surface area contributed by atoms with E-state index in [0.29, 0.717) is 19.3 Å². The summed E-state index contributed by atoms with van der Waals surface area (Å²) >= 11 is 0. The molecule has 2 N–H and O–H groups in total. The van der Waals surface area contributed by atoms with Crippen molar-refractivity contribution in [3.8, 4) is 0 Å². The van der Waals surface area contributed by atoms with E-state index in [2.05, 4.69) is 0 Å². The first-order valence-corrected chi connectivity index (χ1v) is 10.2. The molecule has 0 saturated carbocycles. The zero-order chi connectivity index (χ0) is 21.6. The molecule has 162 valence electrons. The van der Waals surface area contributed by atoms with E-state index in [4.69, 9.17) is 9.47 Å². The summed E-state index contributed by atoms with van der Waals surface area (Å²) in [6, 6.07) is 0. The first kappa shape index (κ1) is 24.4. The fraction of sp³-hybridized carbons (Fsp3) is 0.857. The van der Waals surface area contributed by atoms with E-state index in [-0.39, 0.29) is 36.4 Å². The van der Waals surface area contributed by atoms with Gasteiger partial charge in [0.1, 0.15) is 17.5 Å². The monoisotopic (exact) mass is 400 g/mol. The van der Waals surface area contributed by atoms with Gasteiger partial charge in [-0.1, -0.05) is 27.7 Å². The van der Waals surface area contributed by atoms with E-state index in [9.17, 15) is 24.6 Å². The van der Waals surface area contributed by atoms with Crippen LogP contribution in [0.2, 0.25) is 0 Å². The number of aliphatic hydroxyl groups is 1. The highest BCUT2D eigenvalue weighted by atomic mass is 16.7. The standard InChI is InChI=1S/C21H36O7/c1-7-17-21(6,28-20(25)26)9-8-16(22)13(3)10-12(2)11-14(4)18(23)15(5)19(24)27-17/h12-15,17-18,23H,7-11H2,1-6H3,(H,25,26)/t12?,13-,14?,15?,17?,18?,21+/m1/s1. The molecule has 0 radical (unpaired) electrons. The molecule has 0 aromatic rings. The molecule has 1 fully saturated rings. The van der Waals surface area contributed by atoms with E-state index >= 15 is 0 Å². The Labute approximate surface area is 167 Å². The highest BCUT2D eigenvalue weighted by molar-refractivity contribution is 5.80. The van der Waals surface area contributed by atoms with Crippen LogP contribution in [-0.2, 0) is 19.1 Å². The van der Waals surface area contributed by atoms with Crippen LogP contribution in [0.15, 0.2) is 0 Å².